The van der Waals surface area contributed by atoms with Crippen LogP contribution < -0.4 is 0 Å². The molecule has 0 saturated carbocycles. The molecule has 0 unspecified atom stereocenters. The summed E-state index contributed by atoms with van der Waals surface area (Å²) >= 11 is 0. The van der Waals surface area contributed by atoms with Gasteiger partial charge in [0.1, 0.15) is 0 Å². The average Bonchev–Trinajstić information content (AvgIpc) is 3.24. The van der Waals surface area contributed by atoms with Gasteiger partial charge in [0, 0.05) is 0 Å². The van der Waals surface area contributed by atoms with Crippen LogP contribution in [-0.4, -0.2) is 0 Å². The highest BCUT2D eigenvalue weighted by molar-refractivity contribution is 5.95. The summed E-state index contributed by atoms with van der Waals surface area (Å²) in [5.41, 5.74) is 13.5. The van der Waals surface area contributed by atoms with Crippen LogP contribution in [0.2, 0.25) is 0 Å². The fraction of sp³-hybridized carbons (Fsp3) is 0.133. The Bertz CT molecular complexity index is 1290. The van der Waals surface area contributed by atoms with Crippen LogP contribution in [0.4, 0.5) is 0 Å². The van der Waals surface area contributed by atoms with Gasteiger partial charge in [-0.15, -0.1) is 0 Å². The van der Waals surface area contributed by atoms with Gasteiger partial charge >= 0.3 is 0 Å². The van der Waals surface area contributed by atoms with Crippen LogP contribution in [0.15, 0.2) is 91.0 Å². The van der Waals surface area contributed by atoms with Gasteiger partial charge in [-0.1, -0.05) is 97.9 Å². The van der Waals surface area contributed by atoms with Crippen molar-refractivity contribution < 1.29 is 0 Å². The first-order valence-corrected chi connectivity index (χ1v) is 10.9. The maximum Gasteiger partial charge on any atom is 0.0725 e. The molecular formula is C30H24. The van der Waals surface area contributed by atoms with Crippen molar-refractivity contribution in [3.63, 3.8) is 0 Å². The van der Waals surface area contributed by atoms with E-state index in [4.69, 9.17) is 0 Å². The minimum atomic E-state index is -0.235. The number of rotatable bonds is 2. The largest absolute Gasteiger partial charge is 0.0842 e. The van der Waals surface area contributed by atoms with Crippen LogP contribution in [0.1, 0.15) is 46.7 Å². The Balaban J connectivity index is 1.80. The van der Waals surface area contributed by atoms with E-state index < -0.39 is 0 Å². The Hall–Kier alpha value is -3.38. The second-order valence-electron chi connectivity index (χ2n) is 8.45. The van der Waals surface area contributed by atoms with Gasteiger partial charge in [-0.2, -0.15) is 0 Å². The zero-order valence-corrected chi connectivity index (χ0v) is 17.4. The van der Waals surface area contributed by atoms with E-state index in [-0.39, 0.29) is 5.41 Å². The fourth-order valence-electron chi connectivity index (χ4n) is 5.69. The summed E-state index contributed by atoms with van der Waals surface area (Å²) < 4.78 is 0. The summed E-state index contributed by atoms with van der Waals surface area (Å²) in [7, 11) is 0. The third kappa shape index (κ3) is 2.06. The van der Waals surface area contributed by atoms with E-state index in [0.717, 1.165) is 6.42 Å². The molecule has 30 heavy (non-hydrogen) atoms. The molecule has 144 valence electrons. The van der Waals surface area contributed by atoms with E-state index in [0.29, 0.717) is 0 Å². The van der Waals surface area contributed by atoms with Gasteiger partial charge in [-0.3, -0.25) is 0 Å². The Morgan fingerprint density at radius 1 is 0.633 bits per heavy atom. The molecule has 0 aliphatic heterocycles. The van der Waals surface area contributed by atoms with E-state index >= 15 is 0 Å². The van der Waals surface area contributed by atoms with Crippen molar-refractivity contribution >= 4 is 6.08 Å². The highest BCUT2D eigenvalue weighted by atomic mass is 14.5. The highest BCUT2D eigenvalue weighted by Crippen LogP contribution is 2.62. The lowest BCUT2D eigenvalue weighted by Crippen LogP contribution is -2.25. The number of benzene rings is 4. The van der Waals surface area contributed by atoms with Crippen LogP contribution in [0.5, 0.6) is 0 Å². The number of fused-ring (bicyclic) bond motifs is 10. The predicted molar refractivity (Wildman–Crippen MR) is 127 cm³/mol. The molecule has 0 aromatic heterocycles. The van der Waals surface area contributed by atoms with Crippen LogP contribution in [0.25, 0.3) is 28.3 Å². The molecule has 1 spiro atoms. The van der Waals surface area contributed by atoms with Gasteiger partial charge in [0.25, 0.3) is 0 Å². The van der Waals surface area contributed by atoms with Crippen LogP contribution >= 0.6 is 0 Å². The van der Waals surface area contributed by atoms with E-state index in [1.54, 1.807) is 0 Å². The van der Waals surface area contributed by atoms with Crippen molar-refractivity contribution in [1.29, 1.82) is 0 Å². The number of hydrogen-bond donors (Lipinski definition) is 0. The molecule has 0 N–H and O–H groups in total. The molecule has 2 aliphatic carbocycles. The van der Waals surface area contributed by atoms with Crippen molar-refractivity contribution in [2.45, 2.75) is 25.7 Å². The molecule has 0 amide bonds. The molecule has 4 aromatic carbocycles. The summed E-state index contributed by atoms with van der Waals surface area (Å²) in [6, 6.07) is 31.8. The third-order valence-electron chi connectivity index (χ3n) is 6.92. The molecule has 2 aliphatic rings. The summed E-state index contributed by atoms with van der Waals surface area (Å²) in [5.74, 6) is 0. The molecule has 0 saturated heterocycles. The summed E-state index contributed by atoms with van der Waals surface area (Å²) in [6.07, 6.45) is 5.60. The van der Waals surface area contributed by atoms with Crippen LogP contribution in [0, 0.1) is 6.92 Å². The summed E-state index contributed by atoms with van der Waals surface area (Å²) in [6.45, 7) is 4.43. The van der Waals surface area contributed by atoms with Crippen LogP contribution in [-0.2, 0) is 5.41 Å². The molecule has 0 bridgehead atoms. The number of hydrogen-bond acceptors (Lipinski definition) is 0. The van der Waals surface area contributed by atoms with Gasteiger partial charge in [-0.05, 0) is 75.0 Å². The maximum atomic E-state index is 2.45. The quantitative estimate of drug-likeness (QED) is 0.286. The van der Waals surface area contributed by atoms with Crippen molar-refractivity contribution in [3.8, 4) is 22.3 Å². The molecule has 0 heteroatoms. The van der Waals surface area contributed by atoms with Gasteiger partial charge in [0.15, 0.2) is 0 Å². The van der Waals surface area contributed by atoms with Crippen molar-refractivity contribution in [2.24, 2.45) is 0 Å². The Morgan fingerprint density at radius 2 is 1.13 bits per heavy atom. The van der Waals surface area contributed by atoms with Gasteiger partial charge in [0.05, 0.1) is 5.41 Å². The molecule has 6 rings (SSSR count). The zero-order chi connectivity index (χ0) is 20.3. The highest BCUT2D eigenvalue weighted by Gasteiger charge is 2.51. The van der Waals surface area contributed by atoms with Gasteiger partial charge in [-0.25, -0.2) is 0 Å². The van der Waals surface area contributed by atoms with E-state index in [1.807, 2.05) is 0 Å². The van der Waals surface area contributed by atoms with Crippen molar-refractivity contribution in [1.82, 2.24) is 0 Å². The SMILES string of the molecule is CC/C=C\c1cc2c(cc1C)-c1ccccc1C21c2ccccc2-c2ccccc21. The van der Waals surface area contributed by atoms with E-state index in [1.165, 1.54) is 55.6 Å². The monoisotopic (exact) mass is 384 g/mol. The molecule has 0 heterocycles. The van der Waals surface area contributed by atoms with Crippen molar-refractivity contribution in [2.75, 3.05) is 0 Å². The first-order valence-electron chi connectivity index (χ1n) is 10.9. The lowest BCUT2D eigenvalue weighted by atomic mass is 9.70. The molecule has 0 nitrogen and oxygen atoms in total. The summed E-state index contributed by atoms with van der Waals surface area (Å²) in [5, 5.41) is 0. The fourth-order valence-corrected chi connectivity index (χ4v) is 5.69. The van der Waals surface area contributed by atoms with Crippen LogP contribution in [0.3, 0.4) is 0 Å². The Labute approximate surface area is 178 Å². The number of allylic oxidation sites excluding steroid dienone is 1. The maximum absolute atomic E-state index is 2.45. The normalized spacial score (nSPS) is 14.6. The van der Waals surface area contributed by atoms with Gasteiger partial charge in [0.2, 0.25) is 0 Å². The topological polar surface area (TPSA) is 0 Å². The van der Waals surface area contributed by atoms with E-state index in [9.17, 15) is 0 Å². The smallest absolute Gasteiger partial charge is 0.0725 e. The molecule has 4 aromatic rings. The first-order chi connectivity index (χ1) is 14.8. The Morgan fingerprint density at radius 3 is 1.67 bits per heavy atom. The second-order valence-corrected chi connectivity index (χ2v) is 8.45. The van der Waals surface area contributed by atoms with Gasteiger partial charge < -0.3 is 0 Å². The minimum absolute atomic E-state index is 0.235. The third-order valence-corrected chi connectivity index (χ3v) is 6.92. The molecular weight excluding hydrogens is 360 g/mol. The lowest BCUT2D eigenvalue weighted by Gasteiger charge is -2.30. The number of aryl methyl sites for hydroxylation is 1. The average molecular weight is 385 g/mol. The Kier molecular flexibility index (Phi) is 3.67. The lowest BCUT2D eigenvalue weighted by molar-refractivity contribution is 0.793. The molecule has 0 radical (unpaired) electrons. The standard InChI is InChI=1S/C30H24/c1-3-4-11-21-19-29-25(18-20(21)2)24-14-7-10-17-28(24)30(29)26-15-8-5-12-22(26)23-13-6-9-16-27(23)30/h4-19H,3H2,1-2H3/b11-4-. The molecule has 0 fully saturated rings. The molecule has 0 atom stereocenters. The second kappa shape index (κ2) is 6.31. The van der Waals surface area contributed by atoms with Crippen molar-refractivity contribution in [3.05, 3.63) is 124 Å². The minimum Gasteiger partial charge on any atom is -0.0842 e. The first kappa shape index (κ1) is 17.5. The van der Waals surface area contributed by atoms with E-state index in [2.05, 4.69) is 111 Å². The zero-order valence-electron chi connectivity index (χ0n) is 17.4. The predicted octanol–water partition coefficient (Wildman–Crippen LogP) is 7.76. The summed E-state index contributed by atoms with van der Waals surface area (Å²) in [4.78, 5) is 0.